The zero-order valence-corrected chi connectivity index (χ0v) is 16.5. The van der Waals surface area contributed by atoms with Gasteiger partial charge in [-0.3, -0.25) is 4.68 Å². The topological polar surface area (TPSA) is 83.0 Å². The first-order valence-corrected chi connectivity index (χ1v) is 9.27. The summed E-state index contributed by atoms with van der Waals surface area (Å²) >= 11 is 0. The summed E-state index contributed by atoms with van der Waals surface area (Å²) in [4.78, 5) is 4.23. The lowest BCUT2D eigenvalue weighted by atomic mass is 9.83. The molecule has 0 aliphatic carbocycles. The van der Waals surface area contributed by atoms with E-state index in [1.165, 1.54) is 0 Å². The summed E-state index contributed by atoms with van der Waals surface area (Å²) in [5.41, 5.74) is 2.51. The second-order valence-electron chi connectivity index (χ2n) is 7.38. The number of hydrogen-bond acceptors (Lipinski definition) is 6. The van der Waals surface area contributed by atoms with E-state index in [-0.39, 0.29) is 12.0 Å². The molecule has 0 atom stereocenters. The van der Waals surface area contributed by atoms with Crippen LogP contribution in [0.15, 0.2) is 42.7 Å². The third kappa shape index (κ3) is 3.33. The average Bonchev–Trinajstić information content (AvgIpc) is 3.31. The first kappa shape index (κ1) is 18.1. The fourth-order valence-electron chi connectivity index (χ4n) is 2.95. The lowest BCUT2D eigenvalue weighted by molar-refractivity contribution is 0.269. The lowest BCUT2D eigenvalue weighted by Gasteiger charge is -2.25. The van der Waals surface area contributed by atoms with E-state index >= 15 is 0 Å². The molecule has 4 aromatic rings. The molecule has 0 N–H and O–H groups in total. The van der Waals surface area contributed by atoms with E-state index in [4.69, 9.17) is 9.84 Å². The molecule has 0 spiro atoms. The maximum absolute atomic E-state index is 6.07. The van der Waals surface area contributed by atoms with Crippen LogP contribution in [-0.4, -0.2) is 34.6 Å². The van der Waals surface area contributed by atoms with E-state index in [1.54, 1.807) is 15.5 Å². The van der Waals surface area contributed by atoms with Crippen molar-refractivity contribution in [3.05, 3.63) is 54.1 Å². The van der Waals surface area contributed by atoms with Gasteiger partial charge in [-0.1, -0.05) is 51.1 Å². The summed E-state index contributed by atoms with van der Waals surface area (Å²) < 4.78 is 9.45. The van der Waals surface area contributed by atoms with Gasteiger partial charge in [-0.25, -0.2) is 4.98 Å². The highest BCUT2D eigenvalue weighted by molar-refractivity contribution is 5.59. The molecule has 3 aromatic heterocycles. The molecular weight excluding hydrogens is 354 g/mol. The third-order valence-electron chi connectivity index (χ3n) is 4.99. The number of ether oxygens (including phenoxy) is 1. The van der Waals surface area contributed by atoms with Crippen LogP contribution in [0.25, 0.3) is 17.0 Å². The highest BCUT2D eigenvalue weighted by atomic mass is 16.5. The monoisotopic (exact) mass is 377 g/mol. The molecule has 28 heavy (non-hydrogen) atoms. The molecule has 0 bridgehead atoms. The van der Waals surface area contributed by atoms with Crippen LogP contribution in [-0.2, 0) is 19.1 Å². The molecule has 0 aliphatic rings. The van der Waals surface area contributed by atoms with Crippen molar-refractivity contribution in [2.45, 2.75) is 39.2 Å². The van der Waals surface area contributed by atoms with Gasteiger partial charge in [0.25, 0.3) is 0 Å². The molecule has 0 aliphatic heterocycles. The number of hydrogen-bond donors (Lipinski definition) is 0. The molecule has 3 heterocycles. The Morgan fingerprint density at radius 1 is 1.07 bits per heavy atom. The second kappa shape index (κ2) is 7.03. The number of nitrogens with zero attached hydrogens (tertiary/aromatic N) is 7. The van der Waals surface area contributed by atoms with Crippen LogP contribution < -0.4 is 4.74 Å². The quantitative estimate of drug-likeness (QED) is 0.513. The van der Waals surface area contributed by atoms with Crippen molar-refractivity contribution >= 4 is 5.65 Å². The summed E-state index contributed by atoms with van der Waals surface area (Å²) in [7, 11) is 1.83. The SMILES string of the molecule is CCC(C)(C)c1cc2nnc(-c3ccccc3)n2nc1OCc1ncn(C)n1. The molecule has 0 amide bonds. The fraction of sp³-hybridized carbons (Fsp3) is 0.350. The summed E-state index contributed by atoms with van der Waals surface area (Å²) in [5.74, 6) is 1.83. The van der Waals surface area contributed by atoms with Crippen molar-refractivity contribution in [1.82, 2.24) is 34.6 Å². The first-order chi connectivity index (χ1) is 13.5. The van der Waals surface area contributed by atoms with Gasteiger partial charge in [0.15, 0.2) is 23.9 Å². The minimum absolute atomic E-state index is 0.125. The van der Waals surface area contributed by atoms with Crippen molar-refractivity contribution in [3.8, 4) is 17.3 Å². The predicted molar refractivity (Wildman–Crippen MR) is 105 cm³/mol. The van der Waals surface area contributed by atoms with E-state index in [9.17, 15) is 0 Å². The molecular formula is C20H23N7O. The van der Waals surface area contributed by atoms with Gasteiger partial charge in [0, 0.05) is 18.2 Å². The third-order valence-corrected chi connectivity index (χ3v) is 4.99. The summed E-state index contributed by atoms with van der Waals surface area (Å²) in [6.45, 7) is 6.73. The number of benzene rings is 1. The van der Waals surface area contributed by atoms with Gasteiger partial charge in [0.2, 0.25) is 5.88 Å². The van der Waals surface area contributed by atoms with Gasteiger partial charge in [0.05, 0.1) is 0 Å². The summed E-state index contributed by atoms with van der Waals surface area (Å²) in [6, 6.07) is 11.9. The largest absolute Gasteiger partial charge is 0.468 e. The highest BCUT2D eigenvalue weighted by Crippen LogP contribution is 2.34. The maximum atomic E-state index is 6.07. The van der Waals surface area contributed by atoms with Gasteiger partial charge in [-0.15, -0.1) is 15.3 Å². The van der Waals surface area contributed by atoms with Gasteiger partial charge in [0.1, 0.15) is 6.33 Å². The van der Waals surface area contributed by atoms with Gasteiger partial charge < -0.3 is 4.74 Å². The lowest BCUT2D eigenvalue weighted by Crippen LogP contribution is -2.19. The molecule has 8 nitrogen and oxygen atoms in total. The van der Waals surface area contributed by atoms with E-state index in [0.29, 0.717) is 23.2 Å². The second-order valence-corrected chi connectivity index (χ2v) is 7.38. The van der Waals surface area contributed by atoms with Crippen LogP contribution in [0.4, 0.5) is 0 Å². The van der Waals surface area contributed by atoms with Gasteiger partial charge in [-0.2, -0.15) is 9.61 Å². The highest BCUT2D eigenvalue weighted by Gasteiger charge is 2.26. The van der Waals surface area contributed by atoms with E-state index in [1.807, 2.05) is 43.4 Å². The molecule has 4 rings (SSSR count). The van der Waals surface area contributed by atoms with Crippen LogP contribution in [0, 0.1) is 0 Å². The standard InChI is InChI=1S/C20H23N7O/c1-5-20(2,3)15-11-17-22-23-18(14-9-7-6-8-10-14)27(17)25-19(15)28-12-16-21-13-26(4)24-16/h6-11,13H,5,12H2,1-4H3. The Balaban J connectivity index is 1.80. The van der Waals surface area contributed by atoms with Crippen molar-refractivity contribution in [2.24, 2.45) is 7.05 Å². The Bertz CT molecular complexity index is 1100. The Hall–Kier alpha value is -3.29. The zero-order chi connectivity index (χ0) is 19.7. The Kier molecular flexibility index (Phi) is 4.54. The molecule has 0 unspecified atom stereocenters. The molecule has 144 valence electrons. The Morgan fingerprint density at radius 3 is 2.54 bits per heavy atom. The minimum Gasteiger partial charge on any atom is -0.468 e. The first-order valence-electron chi connectivity index (χ1n) is 9.27. The smallest absolute Gasteiger partial charge is 0.236 e. The normalized spacial score (nSPS) is 11.9. The van der Waals surface area contributed by atoms with Crippen LogP contribution in [0.5, 0.6) is 5.88 Å². The minimum atomic E-state index is -0.125. The van der Waals surface area contributed by atoms with Crippen LogP contribution in [0.2, 0.25) is 0 Å². The number of fused-ring (bicyclic) bond motifs is 1. The molecule has 0 radical (unpaired) electrons. The van der Waals surface area contributed by atoms with E-state index in [2.05, 4.69) is 41.1 Å². The Morgan fingerprint density at radius 2 is 1.86 bits per heavy atom. The number of rotatable bonds is 6. The van der Waals surface area contributed by atoms with Crippen LogP contribution >= 0.6 is 0 Å². The molecule has 0 saturated heterocycles. The average molecular weight is 377 g/mol. The predicted octanol–water partition coefficient (Wildman–Crippen LogP) is 3.19. The molecule has 0 saturated carbocycles. The van der Waals surface area contributed by atoms with Crippen LogP contribution in [0.3, 0.4) is 0 Å². The zero-order valence-electron chi connectivity index (χ0n) is 16.5. The van der Waals surface area contributed by atoms with Gasteiger partial charge >= 0.3 is 0 Å². The van der Waals surface area contributed by atoms with E-state index in [0.717, 1.165) is 17.5 Å². The van der Waals surface area contributed by atoms with Crippen molar-refractivity contribution in [2.75, 3.05) is 0 Å². The van der Waals surface area contributed by atoms with Crippen molar-refractivity contribution < 1.29 is 4.74 Å². The Labute approximate surface area is 163 Å². The fourth-order valence-corrected chi connectivity index (χ4v) is 2.95. The summed E-state index contributed by atoms with van der Waals surface area (Å²) in [5, 5.41) is 17.7. The number of aryl methyl sites for hydroxylation is 1. The molecule has 0 fully saturated rings. The maximum Gasteiger partial charge on any atom is 0.236 e. The summed E-state index contributed by atoms with van der Waals surface area (Å²) in [6.07, 6.45) is 2.59. The van der Waals surface area contributed by atoms with Gasteiger partial charge in [-0.05, 0) is 17.9 Å². The molecule has 8 heteroatoms. The molecule has 1 aromatic carbocycles. The van der Waals surface area contributed by atoms with Crippen LogP contribution in [0.1, 0.15) is 38.6 Å². The van der Waals surface area contributed by atoms with Crippen molar-refractivity contribution in [3.63, 3.8) is 0 Å². The number of aromatic nitrogens is 7. The van der Waals surface area contributed by atoms with E-state index < -0.39 is 0 Å². The van der Waals surface area contributed by atoms with Crippen molar-refractivity contribution in [1.29, 1.82) is 0 Å².